The lowest BCUT2D eigenvalue weighted by Gasteiger charge is -2.40. The van der Waals surface area contributed by atoms with Gasteiger partial charge in [0.05, 0.1) is 18.8 Å². The number of ether oxygens (including phenoxy) is 2. The van der Waals surface area contributed by atoms with Gasteiger partial charge >= 0.3 is 0 Å². The highest BCUT2D eigenvalue weighted by atomic mass is 16.5. The largest absolute Gasteiger partial charge is 0.381 e. The predicted octanol–water partition coefficient (Wildman–Crippen LogP) is 1.50. The van der Waals surface area contributed by atoms with Gasteiger partial charge in [0.1, 0.15) is 0 Å². The number of nitrogens with zero attached hydrogens (tertiary/aromatic N) is 1. The van der Waals surface area contributed by atoms with E-state index in [4.69, 9.17) is 9.47 Å². The second-order valence-electron chi connectivity index (χ2n) is 6.53. The smallest absolute Gasteiger partial charge is 0.0753 e. The van der Waals surface area contributed by atoms with Crippen molar-refractivity contribution in [1.29, 1.82) is 0 Å². The maximum absolute atomic E-state index is 5.80. The summed E-state index contributed by atoms with van der Waals surface area (Å²) >= 11 is 0. The summed E-state index contributed by atoms with van der Waals surface area (Å²) < 4.78 is 11.4. The Morgan fingerprint density at radius 1 is 1.37 bits per heavy atom. The molecule has 0 aliphatic carbocycles. The minimum atomic E-state index is -0.000266. The number of morpholine rings is 1. The summed E-state index contributed by atoms with van der Waals surface area (Å²) in [5, 5.41) is 3.72. The van der Waals surface area contributed by atoms with E-state index in [9.17, 15) is 0 Å². The lowest BCUT2D eigenvalue weighted by molar-refractivity contribution is -0.0887. The molecule has 0 spiro atoms. The highest BCUT2D eigenvalue weighted by molar-refractivity contribution is 4.86. The van der Waals surface area contributed by atoms with Crippen LogP contribution in [0.4, 0.5) is 0 Å². The standard InChI is InChI=1S/C15H30N2O2/c1-4-6-16-14(13-5-8-18-11-13)10-17-7-9-19-15(2,3)12-17/h13-14,16H,4-12H2,1-3H3. The van der Waals surface area contributed by atoms with Crippen molar-refractivity contribution >= 4 is 0 Å². The van der Waals surface area contributed by atoms with Gasteiger partial charge in [0.15, 0.2) is 0 Å². The molecule has 2 heterocycles. The summed E-state index contributed by atoms with van der Waals surface area (Å²) in [6, 6.07) is 0.566. The molecule has 2 fully saturated rings. The molecule has 4 nitrogen and oxygen atoms in total. The molecule has 4 heteroatoms. The van der Waals surface area contributed by atoms with Crippen molar-refractivity contribution in [2.45, 2.75) is 45.3 Å². The van der Waals surface area contributed by atoms with Crippen LogP contribution in [0.15, 0.2) is 0 Å². The topological polar surface area (TPSA) is 33.7 Å². The van der Waals surface area contributed by atoms with E-state index < -0.39 is 0 Å². The molecule has 0 saturated carbocycles. The van der Waals surface area contributed by atoms with Crippen LogP contribution in [0.3, 0.4) is 0 Å². The minimum absolute atomic E-state index is 0.000266. The third-order valence-corrected chi connectivity index (χ3v) is 4.15. The van der Waals surface area contributed by atoms with Crippen LogP contribution in [-0.2, 0) is 9.47 Å². The van der Waals surface area contributed by atoms with Crippen molar-refractivity contribution < 1.29 is 9.47 Å². The summed E-state index contributed by atoms with van der Waals surface area (Å²) in [5.74, 6) is 0.678. The fourth-order valence-corrected chi connectivity index (χ4v) is 3.13. The van der Waals surface area contributed by atoms with Gasteiger partial charge in [0, 0.05) is 38.2 Å². The summed E-state index contributed by atoms with van der Waals surface area (Å²) in [6.45, 7) is 13.6. The Hall–Kier alpha value is -0.160. The van der Waals surface area contributed by atoms with Gasteiger partial charge in [-0.25, -0.2) is 0 Å². The van der Waals surface area contributed by atoms with E-state index in [1.54, 1.807) is 0 Å². The van der Waals surface area contributed by atoms with Gasteiger partial charge in [-0.15, -0.1) is 0 Å². The maximum Gasteiger partial charge on any atom is 0.0753 e. The molecule has 2 aliphatic rings. The zero-order valence-corrected chi connectivity index (χ0v) is 12.8. The van der Waals surface area contributed by atoms with E-state index in [1.165, 1.54) is 12.8 Å². The first-order chi connectivity index (χ1) is 9.11. The van der Waals surface area contributed by atoms with Crippen LogP contribution < -0.4 is 5.32 Å². The van der Waals surface area contributed by atoms with E-state index in [0.29, 0.717) is 12.0 Å². The average Bonchev–Trinajstić information content (AvgIpc) is 2.87. The van der Waals surface area contributed by atoms with Crippen LogP contribution in [0, 0.1) is 5.92 Å². The van der Waals surface area contributed by atoms with E-state index in [2.05, 4.69) is 31.0 Å². The van der Waals surface area contributed by atoms with E-state index in [-0.39, 0.29) is 5.60 Å². The lowest BCUT2D eigenvalue weighted by atomic mass is 9.97. The Morgan fingerprint density at radius 3 is 2.84 bits per heavy atom. The third kappa shape index (κ3) is 4.71. The van der Waals surface area contributed by atoms with Gasteiger partial charge in [-0.3, -0.25) is 4.90 Å². The Morgan fingerprint density at radius 2 is 2.21 bits per heavy atom. The number of nitrogens with one attached hydrogen (secondary N) is 1. The van der Waals surface area contributed by atoms with Crippen molar-refractivity contribution in [3.63, 3.8) is 0 Å². The summed E-state index contributed by atoms with van der Waals surface area (Å²) in [6.07, 6.45) is 2.40. The molecule has 2 saturated heterocycles. The number of rotatable bonds is 6. The predicted molar refractivity (Wildman–Crippen MR) is 77.5 cm³/mol. The third-order valence-electron chi connectivity index (χ3n) is 4.15. The van der Waals surface area contributed by atoms with Crippen LogP contribution in [0.5, 0.6) is 0 Å². The molecule has 2 rings (SSSR count). The van der Waals surface area contributed by atoms with Crippen molar-refractivity contribution in [3.8, 4) is 0 Å². The monoisotopic (exact) mass is 270 g/mol. The molecule has 2 aliphatic heterocycles. The molecular weight excluding hydrogens is 240 g/mol. The van der Waals surface area contributed by atoms with Gasteiger partial charge in [-0.1, -0.05) is 6.92 Å². The highest BCUT2D eigenvalue weighted by Gasteiger charge is 2.31. The normalized spacial score (nSPS) is 29.5. The molecule has 0 radical (unpaired) electrons. The van der Waals surface area contributed by atoms with Gasteiger partial charge in [0.2, 0.25) is 0 Å². The van der Waals surface area contributed by atoms with Crippen LogP contribution in [0.2, 0.25) is 0 Å². The van der Waals surface area contributed by atoms with Crippen LogP contribution in [0.25, 0.3) is 0 Å². The van der Waals surface area contributed by atoms with Crippen molar-refractivity contribution in [2.75, 3.05) is 46.0 Å². The highest BCUT2D eigenvalue weighted by Crippen LogP contribution is 2.21. The first-order valence-corrected chi connectivity index (χ1v) is 7.78. The van der Waals surface area contributed by atoms with Crippen LogP contribution >= 0.6 is 0 Å². The Kier molecular flexibility index (Phi) is 5.63. The summed E-state index contributed by atoms with van der Waals surface area (Å²) in [7, 11) is 0. The molecule has 2 unspecified atom stereocenters. The first kappa shape index (κ1) is 15.2. The molecule has 2 atom stereocenters. The molecule has 0 aromatic carbocycles. The number of hydrogen-bond acceptors (Lipinski definition) is 4. The van der Waals surface area contributed by atoms with Crippen molar-refractivity contribution in [2.24, 2.45) is 5.92 Å². The zero-order valence-electron chi connectivity index (χ0n) is 12.8. The molecule has 0 amide bonds. The van der Waals surface area contributed by atoms with Crippen molar-refractivity contribution in [1.82, 2.24) is 10.2 Å². The minimum Gasteiger partial charge on any atom is -0.381 e. The van der Waals surface area contributed by atoms with E-state index in [0.717, 1.165) is 46.0 Å². The molecule has 19 heavy (non-hydrogen) atoms. The zero-order chi connectivity index (χ0) is 13.7. The van der Waals surface area contributed by atoms with E-state index >= 15 is 0 Å². The van der Waals surface area contributed by atoms with Gasteiger partial charge < -0.3 is 14.8 Å². The second-order valence-corrected chi connectivity index (χ2v) is 6.53. The lowest BCUT2D eigenvalue weighted by Crippen LogP contribution is -2.54. The first-order valence-electron chi connectivity index (χ1n) is 7.78. The molecule has 0 bridgehead atoms. The fraction of sp³-hybridized carbons (Fsp3) is 1.00. The molecule has 0 aromatic rings. The molecule has 112 valence electrons. The average molecular weight is 270 g/mol. The van der Waals surface area contributed by atoms with E-state index in [1.807, 2.05) is 0 Å². The Labute approximate surface area is 117 Å². The Bertz CT molecular complexity index is 265. The van der Waals surface area contributed by atoms with Gasteiger partial charge in [-0.2, -0.15) is 0 Å². The maximum atomic E-state index is 5.80. The summed E-state index contributed by atoms with van der Waals surface area (Å²) in [5.41, 5.74) is -0.000266. The number of hydrogen-bond donors (Lipinski definition) is 1. The second kappa shape index (κ2) is 7.02. The quantitative estimate of drug-likeness (QED) is 0.793. The van der Waals surface area contributed by atoms with Crippen LogP contribution in [0.1, 0.15) is 33.6 Å². The van der Waals surface area contributed by atoms with Gasteiger partial charge in [-0.05, 0) is 33.2 Å². The van der Waals surface area contributed by atoms with Crippen molar-refractivity contribution in [3.05, 3.63) is 0 Å². The summed E-state index contributed by atoms with van der Waals surface area (Å²) in [4.78, 5) is 2.55. The SMILES string of the molecule is CCCNC(CN1CCOC(C)(C)C1)C1CCOC1. The Balaban J connectivity index is 1.87. The van der Waals surface area contributed by atoms with Crippen LogP contribution in [-0.4, -0.2) is 62.5 Å². The van der Waals surface area contributed by atoms with Gasteiger partial charge in [0.25, 0.3) is 0 Å². The molecular formula is C15H30N2O2. The molecule has 0 aromatic heterocycles. The molecule has 1 N–H and O–H groups in total. The fourth-order valence-electron chi connectivity index (χ4n) is 3.13.